The highest BCUT2D eigenvalue weighted by Gasteiger charge is 2.50. The largest absolute Gasteiger partial charge is 1.00 e. The van der Waals surface area contributed by atoms with Crippen LogP contribution in [0.3, 0.4) is 0 Å². The molecule has 4 atom stereocenters. The fourth-order valence-electron chi connectivity index (χ4n) is 4.39. The molecule has 1 unspecified atom stereocenters. The first-order chi connectivity index (χ1) is 9.56. The summed E-state index contributed by atoms with van der Waals surface area (Å²) < 4.78 is 0. The summed E-state index contributed by atoms with van der Waals surface area (Å²) in [5.74, 6) is 3.82. The second-order valence-electron chi connectivity index (χ2n) is 6.72. The van der Waals surface area contributed by atoms with Gasteiger partial charge in [0.15, 0.2) is 0 Å². The van der Waals surface area contributed by atoms with Gasteiger partial charge in [-0.25, -0.2) is 0 Å². The van der Waals surface area contributed by atoms with Crippen molar-refractivity contribution in [1.82, 2.24) is 0 Å². The summed E-state index contributed by atoms with van der Waals surface area (Å²) in [7, 11) is 0. The third-order valence-electron chi connectivity index (χ3n) is 5.84. The van der Waals surface area contributed by atoms with Crippen LogP contribution in [-0.4, -0.2) is 24.2 Å². The van der Waals surface area contributed by atoms with Gasteiger partial charge in [0.05, 0.1) is 25.6 Å². The van der Waals surface area contributed by atoms with Crippen molar-refractivity contribution in [3.63, 3.8) is 0 Å². The molecule has 0 spiro atoms. The Morgan fingerprint density at radius 2 is 2.24 bits per heavy atom. The number of hydrogen-bond donors (Lipinski definition) is 2. The van der Waals surface area contributed by atoms with Crippen LogP contribution in [-0.2, 0) is 11.8 Å². The number of terminal acetylenes is 1. The predicted octanol–water partition coefficient (Wildman–Crippen LogP) is -1.47. The fraction of sp³-hybridized carbons (Fsp3) is 0.556. The van der Waals surface area contributed by atoms with Crippen molar-refractivity contribution in [2.24, 2.45) is 5.92 Å². The molecule has 3 heteroatoms. The van der Waals surface area contributed by atoms with E-state index in [9.17, 15) is 5.11 Å². The monoisotopic (exact) mass is 305 g/mol. The van der Waals surface area contributed by atoms with Gasteiger partial charge in [0.25, 0.3) is 0 Å². The summed E-state index contributed by atoms with van der Waals surface area (Å²) in [5, 5.41) is 9.83. The highest BCUT2D eigenvalue weighted by molar-refractivity contribution is 5.43. The molecule has 2 N–H and O–H groups in total. The predicted molar refractivity (Wildman–Crippen MR) is 80.9 cm³/mol. The van der Waals surface area contributed by atoms with Gasteiger partial charge in [-0.15, -0.1) is 12.3 Å². The van der Waals surface area contributed by atoms with E-state index in [0.717, 1.165) is 19.4 Å². The molecule has 0 saturated carbocycles. The molecule has 0 aromatic heterocycles. The molecule has 1 aliphatic heterocycles. The van der Waals surface area contributed by atoms with Crippen molar-refractivity contribution in [3.8, 4) is 18.1 Å². The number of fused-ring (bicyclic) bond motifs is 4. The molecule has 0 amide bonds. The standard InChI is InChI=1S/C18H23NO.ClH/c1-4-5-9-19-10-8-18(3)13(2)17(19)11-14-6-7-15(20)12-16(14)18;/h1,6-7,12-13,17,20H,5,8-11H2,2-3H3;1H/t13-,17-,18-;/m0./s1. The molecule has 1 fully saturated rings. The maximum atomic E-state index is 9.83. The first kappa shape index (κ1) is 16.2. The number of likely N-dealkylation sites (tertiary alicyclic amines) is 1. The molecule has 1 aromatic carbocycles. The Hall–Kier alpha value is -1.17. The molecule has 114 valence electrons. The smallest absolute Gasteiger partial charge is 0.115 e. The normalized spacial score (nSPS) is 33.5. The van der Waals surface area contributed by atoms with Crippen LogP contribution in [0.25, 0.3) is 0 Å². The molecule has 2 aliphatic rings. The van der Waals surface area contributed by atoms with Crippen molar-refractivity contribution in [2.75, 3.05) is 13.1 Å². The molecule has 3 rings (SSSR count). The van der Waals surface area contributed by atoms with Crippen molar-refractivity contribution in [1.29, 1.82) is 0 Å². The second kappa shape index (κ2) is 5.91. The van der Waals surface area contributed by atoms with Gasteiger partial charge >= 0.3 is 0 Å². The number of aromatic hydroxyl groups is 1. The number of quaternary nitrogens is 1. The lowest BCUT2D eigenvalue weighted by Gasteiger charge is -2.52. The summed E-state index contributed by atoms with van der Waals surface area (Å²) in [6, 6.07) is 6.61. The van der Waals surface area contributed by atoms with Crippen molar-refractivity contribution >= 4 is 0 Å². The first-order valence-corrected chi connectivity index (χ1v) is 7.66. The number of piperidine rings is 1. The lowest BCUT2D eigenvalue weighted by atomic mass is 9.59. The lowest BCUT2D eigenvalue weighted by Crippen LogP contribution is -3.18. The number of halogens is 1. The second-order valence-corrected chi connectivity index (χ2v) is 6.72. The van der Waals surface area contributed by atoms with E-state index in [1.807, 2.05) is 12.1 Å². The number of hydrogen-bond acceptors (Lipinski definition) is 1. The van der Waals surface area contributed by atoms with E-state index in [1.165, 1.54) is 24.1 Å². The zero-order valence-electron chi connectivity index (χ0n) is 12.8. The molecule has 21 heavy (non-hydrogen) atoms. The Balaban J connectivity index is 0.00000161. The summed E-state index contributed by atoms with van der Waals surface area (Å²) in [4.78, 5) is 1.67. The average Bonchev–Trinajstić information content (AvgIpc) is 2.43. The number of benzene rings is 1. The minimum Gasteiger partial charge on any atom is -1.00 e. The zero-order valence-corrected chi connectivity index (χ0v) is 13.6. The van der Waals surface area contributed by atoms with Crippen molar-refractivity contribution in [2.45, 2.75) is 44.6 Å². The van der Waals surface area contributed by atoms with Gasteiger partial charge in [0.2, 0.25) is 0 Å². The van der Waals surface area contributed by atoms with E-state index >= 15 is 0 Å². The zero-order chi connectivity index (χ0) is 14.3. The van der Waals surface area contributed by atoms with Gasteiger partial charge in [0.1, 0.15) is 5.75 Å². The molecule has 1 aromatic rings. The van der Waals surface area contributed by atoms with E-state index in [2.05, 4.69) is 25.8 Å². The quantitative estimate of drug-likeness (QED) is 0.641. The summed E-state index contributed by atoms with van der Waals surface area (Å²) in [6.45, 7) is 7.05. The average molecular weight is 306 g/mol. The van der Waals surface area contributed by atoms with Gasteiger partial charge < -0.3 is 22.4 Å². The Kier molecular flexibility index (Phi) is 4.56. The first-order valence-electron chi connectivity index (χ1n) is 7.66. The molecular formula is C18H24ClNO. The number of nitrogens with one attached hydrogen (secondary N) is 1. The van der Waals surface area contributed by atoms with E-state index in [4.69, 9.17) is 6.42 Å². The lowest BCUT2D eigenvalue weighted by molar-refractivity contribution is -0.936. The van der Waals surface area contributed by atoms with E-state index in [-0.39, 0.29) is 17.8 Å². The van der Waals surface area contributed by atoms with Crippen LogP contribution in [0.5, 0.6) is 5.75 Å². The van der Waals surface area contributed by atoms with Gasteiger partial charge in [-0.2, -0.15) is 0 Å². The number of rotatable bonds is 2. The molecule has 2 bridgehead atoms. The van der Waals surface area contributed by atoms with Crippen molar-refractivity contribution < 1.29 is 22.4 Å². The van der Waals surface area contributed by atoms with Crippen LogP contribution in [0.4, 0.5) is 0 Å². The van der Waals surface area contributed by atoms with Crippen molar-refractivity contribution in [3.05, 3.63) is 29.3 Å². The van der Waals surface area contributed by atoms with Crippen LogP contribution < -0.4 is 17.3 Å². The fourth-order valence-corrected chi connectivity index (χ4v) is 4.39. The maximum Gasteiger partial charge on any atom is 0.115 e. The minimum absolute atomic E-state index is 0. The SMILES string of the molecule is C#CCC[NH+]1CC[C@]2(C)c3cc(O)ccc3C[C@H]1[C@@H]2C.[Cl-]. The summed E-state index contributed by atoms with van der Waals surface area (Å²) in [5.41, 5.74) is 3.00. The van der Waals surface area contributed by atoms with Crippen LogP contribution in [0.1, 0.15) is 37.8 Å². The highest BCUT2D eigenvalue weighted by atomic mass is 35.5. The summed E-state index contributed by atoms with van der Waals surface area (Å²) >= 11 is 0. The number of phenols is 1. The minimum atomic E-state index is 0. The Morgan fingerprint density at radius 1 is 1.48 bits per heavy atom. The Bertz CT molecular complexity index is 565. The van der Waals surface area contributed by atoms with Crippen LogP contribution in [0.2, 0.25) is 0 Å². The van der Waals surface area contributed by atoms with Crippen LogP contribution in [0.15, 0.2) is 18.2 Å². The van der Waals surface area contributed by atoms with Gasteiger partial charge in [-0.1, -0.05) is 19.9 Å². The molecule has 1 saturated heterocycles. The Labute approximate surface area is 134 Å². The van der Waals surface area contributed by atoms with Gasteiger partial charge in [0, 0.05) is 24.2 Å². The van der Waals surface area contributed by atoms with E-state index in [0.29, 0.717) is 17.7 Å². The van der Waals surface area contributed by atoms with Gasteiger partial charge in [-0.05, 0) is 23.3 Å². The van der Waals surface area contributed by atoms with E-state index < -0.39 is 0 Å². The molecule has 1 aliphatic carbocycles. The summed E-state index contributed by atoms with van der Waals surface area (Å²) in [6.07, 6.45) is 8.61. The molecule has 1 heterocycles. The van der Waals surface area contributed by atoms with Crippen LogP contribution >= 0.6 is 0 Å². The molecule has 0 radical (unpaired) electrons. The topological polar surface area (TPSA) is 24.7 Å². The van der Waals surface area contributed by atoms with E-state index in [1.54, 1.807) is 4.90 Å². The number of phenolic OH excluding ortho intramolecular Hbond substituents is 1. The Morgan fingerprint density at radius 3 is 2.95 bits per heavy atom. The van der Waals surface area contributed by atoms with Crippen LogP contribution in [0, 0.1) is 18.3 Å². The third-order valence-corrected chi connectivity index (χ3v) is 5.84. The maximum absolute atomic E-state index is 9.83. The van der Waals surface area contributed by atoms with Gasteiger partial charge in [-0.3, -0.25) is 0 Å². The third kappa shape index (κ3) is 2.54. The molecule has 2 nitrogen and oxygen atoms in total. The molecular weight excluding hydrogens is 282 g/mol. The highest BCUT2D eigenvalue weighted by Crippen LogP contribution is 2.45.